The molecule has 6 rings (SSSR count). The Bertz CT molecular complexity index is 2050. The second kappa shape index (κ2) is 11.3. The number of hydrogen-bond acceptors (Lipinski definition) is 6. The Balaban J connectivity index is 1.32. The fraction of sp³-hybridized carbons (Fsp3) is 0.0323. The number of aromatic nitrogens is 2. The van der Waals surface area contributed by atoms with Crippen LogP contribution in [0.15, 0.2) is 110 Å². The Labute approximate surface area is 255 Å². The number of carboxylic acid groups (broad SMARTS) is 1. The third-order valence-electron chi connectivity index (χ3n) is 6.30. The van der Waals surface area contributed by atoms with Crippen LogP contribution in [-0.4, -0.2) is 27.0 Å². The molecule has 0 bridgehead atoms. The van der Waals surface area contributed by atoms with Gasteiger partial charge in [0.05, 0.1) is 26.3 Å². The molecule has 0 spiro atoms. The summed E-state index contributed by atoms with van der Waals surface area (Å²) in [5, 5.41) is 15.0. The number of furan rings is 1. The summed E-state index contributed by atoms with van der Waals surface area (Å²) in [6.07, 6.45) is 1.59. The lowest BCUT2D eigenvalue weighted by molar-refractivity contribution is 0.0696. The molecule has 0 fully saturated rings. The van der Waals surface area contributed by atoms with Gasteiger partial charge in [-0.05, 0) is 100 Å². The van der Waals surface area contributed by atoms with Gasteiger partial charge in [0.25, 0.3) is 5.56 Å². The number of hydrogen-bond donors (Lipinski definition) is 1. The lowest BCUT2D eigenvalue weighted by Crippen LogP contribution is -2.20. The number of nitrogens with zero attached hydrogens (tertiary/aromatic N) is 3. The molecule has 4 aromatic carbocycles. The Morgan fingerprint density at radius 3 is 2.73 bits per heavy atom. The quantitative estimate of drug-likeness (QED) is 0.137. The summed E-state index contributed by atoms with van der Waals surface area (Å²) in [5.74, 6) is 0.364. The molecule has 2 heterocycles. The van der Waals surface area contributed by atoms with Crippen molar-refractivity contribution in [2.24, 2.45) is 5.10 Å². The summed E-state index contributed by atoms with van der Waals surface area (Å²) < 4.78 is 15.0. The second-order valence-corrected chi connectivity index (χ2v) is 11.2. The van der Waals surface area contributed by atoms with Gasteiger partial charge in [0, 0.05) is 9.86 Å². The van der Waals surface area contributed by atoms with Crippen LogP contribution in [0.3, 0.4) is 0 Å². The van der Waals surface area contributed by atoms with E-state index in [1.54, 1.807) is 42.6 Å². The first-order valence-electron chi connectivity index (χ1n) is 12.4. The number of fused-ring (bicyclic) bond motifs is 2. The SMILES string of the molecule is O=C(O)c1cccc(COc2ccc(C=Nn3c(-c4cc5cc(Br)ccc5o4)nc4ccccc4c3=O)cc2I)c1. The molecule has 1 N–H and O–H groups in total. The number of rotatable bonds is 7. The number of benzene rings is 4. The van der Waals surface area contributed by atoms with Crippen molar-refractivity contribution < 1.29 is 19.1 Å². The van der Waals surface area contributed by atoms with Crippen LogP contribution in [0.5, 0.6) is 5.75 Å². The van der Waals surface area contributed by atoms with Crippen LogP contribution in [0.1, 0.15) is 21.5 Å². The van der Waals surface area contributed by atoms with Crippen molar-refractivity contribution in [3.05, 3.63) is 126 Å². The Morgan fingerprint density at radius 1 is 1.05 bits per heavy atom. The molecule has 8 nitrogen and oxygen atoms in total. The topological polar surface area (TPSA) is 107 Å². The Morgan fingerprint density at radius 2 is 1.90 bits per heavy atom. The summed E-state index contributed by atoms with van der Waals surface area (Å²) in [6, 6.07) is 26.8. The molecule has 41 heavy (non-hydrogen) atoms. The third kappa shape index (κ3) is 5.66. The van der Waals surface area contributed by atoms with Gasteiger partial charge >= 0.3 is 5.97 Å². The summed E-state index contributed by atoms with van der Waals surface area (Å²) in [4.78, 5) is 29.5. The normalized spacial score (nSPS) is 11.5. The minimum absolute atomic E-state index is 0.209. The number of aromatic carboxylic acids is 1. The summed E-state index contributed by atoms with van der Waals surface area (Å²) in [6.45, 7) is 0.222. The van der Waals surface area contributed by atoms with Gasteiger partial charge in [0.2, 0.25) is 5.82 Å². The van der Waals surface area contributed by atoms with Crippen LogP contribution in [0, 0.1) is 3.57 Å². The number of carbonyl (C=O) groups is 1. The van der Waals surface area contributed by atoms with Gasteiger partial charge in [0.1, 0.15) is 17.9 Å². The van der Waals surface area contributed by atoms with Crippen molar-refractivity contribution >= 4 is 72.6 Å². The molecule has 0 aliphatic heterocycles. The largest absolute Gasteiger partial charge is 0.488 e. The maximum Gasteiger partial charge on any atom is 0.335 e. The van der Waals surface area contributed by atoms with E-state index in [-0.39, 0.29) is 23.6 Å². The van der Waals surface area contributed by atoms with Gasteiger partial charge in [0.15, 0.2) is 5.76 Å². The number of para-hydroxylation sites is 1. The van der Waals surface area contributed by atoms with Crippen molar-refractivity contribution in [2.45, 2.75) is 6.61 Å². The minimum atomic E-state index is -0.984. The Hall–Kier alpha value is -4.29. The highest BCUT2D eigenvalue weighted by Crippen LogP contribution is 2.29. The van der Waals surface area contributed by atoms with Gasteiger partial charge in [-0.2, -0.15) is 9.78 Å². The van der Waals surface area contributed by atoms with E-state index in [0.717, 1.165) is 24.6 Å². The van der Waals surface area contributed by atoms with Crippen LogP contribution in [0.4, 0.5) is 0 Å². The van der Waals surface area contributed by atoms with Crippen LogP contribution < -0.4 is 10.3 Å². The molecule has 0 amide bonds. The molecule has 202 valence electrons. The molecule has 0 saturated heterocycles. The van der Waals surface area contributed by atoms with Crippen molar-refractivity contribution in [3.63, 3.8) is 0 Å². The van der Waals surface area contributed by atoms with Crippen molar-refractivity contribution in [1.82, 2.24) is 9.66 Å². The fourth-order valence-corrected chi connectivity index (χ4v) is 5.38. The van der Waals surface area contributed by atoms with Crippen LogP contribution >= 0.6 is 38.5 Å². The highest BCUT2D eigenvalue weighted by Gasteiger charge is 2.17. The predicted molar refractivity (Wildman–Crippen MR) is 169 cm³/mol. The molecular weight excluding hydrogens is 701 g/mol. The molecule has 0 aliphatic carbocycles. The zero-order chi connectivity index (χ0) is 28.5. The third-order valence-corrected chi connectivity index (χ3v) is 7.64. The lowest BCUT2D eigenvalue weighted by Gasteiger charge is -2.10. The van der Waals surface area contributed by atoms with Crippen molar-refractivity contribution in [2.75, 3.05) is 0 Å². The average molecular weight is 720 g/mol. The molecular formula is C31H19BrIN3O5. The van der Waals surface area contributed by atoms with Crippen molar-refractivity contribution in [3.8, 4) is 17.3 Å². The van der Waals surface area contributed by atoms with Crippen LogP contribution in [-0.2, 0) is 6.61 Å². The van der Waals surface area contributed by atoms with Gasteiger partial charge in [-0.15, -0.1) is 0 Å². The zero-order valence-electron chi connectivity index (χ0n) is 21.1. The van der Waals surface area contributed by atoms with E-state index in [1.165, 1.54) is 4.68 Å². The number of ether oxygens (including phenoxy) is 1. The van der Waals surface area contributed by atoms with E-state index >= 15 is 0 Å². The molecule has 0 aliphatic rings. The van der Waals surface area contributed by atoms with Crippen molar-refractivity contribution in [1.29, 1.82) is 0 Å². The number of carboxylic acids is 1. The van der Waals surface area contributed by atoms with Crippen LogP contribution in [0.2, 0.25) is 0 Å². The van der Waals surface area contributed by atoms with E-state index in [2.05, 4.69) is 43.6 Å². The standard InChI is InChI=1S/C31H19BrIN3O5/c32-22-9-11-26-21(14-22)15-28(41-26)29-35-25-7-2-1-6-23(25)30(37)36(29)34-16-18-8-10-27(24(33)13-18)40-17-19-4-3-5-20(12-19)31(38)39/h1-16H,17H2,(H,38,39). The molecule has 0 saturated carbocycles. The zero-order valence-corrected chi connectivity index (χ0v) is 24.9. The molecule has 6 aromatic rings. The smallest absolute Gasteiger partial charge is 0.335 e. The summed E-state index contributed by atoms with van der Waals surface area (Å²) >= 11 is 5.65. The first kappa shape index (κ1) is 26.9. The lowest BCUT2D eigenvalue weighted by atomic mass is 10.1. The van der Waals surface area contributed by atoms with E-state index < -0.39 is 5.97 Å². The molecule has 10 heteroatoms. The fourth-order valence-electron chi connectivity index (χ4n) is 4.31. The summed E-state index contributed by atoms with van der Waals surface area (Å²) in [5.41, 5.74) is 2.60. The molecule has 2 aromatic heterocycles. The van der Waals surface area contributed by atoms with E-state index in [4.69, 9.17) is 14.1 Å². The van der Waals surface area contributed by atoms with Gasteiger partial charge < -0.3 is 14.3 Å². The highest BCUT2D eigenvalue weighted by atomic mass is 127. The first-order chi connectivity index (χ1) is 19.9. The summed E-state index contributed by atoms with van der Waals surface area (Å²) in [7, 11) is 0. The highest BCUT2D eigenvalue weighted by molar-refractivity contribution is 14.1. The van der Waals surface area contributed by atoms with Crippen LogP contribution in [0.25, 0.3) is 33.5 Å². The molecule has 0 atom stereocenters. The van der Waals surface area contributed by atoms with Gasteiger partial charge in [-0.25, -0.2) is 9.78 Å². The maximum atomic E-state index is 13.5. The second-order valence-electron chi connectivity index (χ2n) is 9.09. The average Bonchev–Trinajstić information content (AvgIpc) is 3.39. The maximum absolute atomic E-state index is 13.5. The van der Waals surface area contributed by atoms with E-state index in [0.29, 0.717) is 28.0 Å². The van der Waals surface area contributed by atoms with Gasteiger partial charge in [-0.1, -0.05) is 40.2 Å². The van der Waals surface area contributed by atoms with Gasteiger partial charge in [-0.3, -0.25) is 4.79 Å². The van der Waals surface area contributed by atoms with E-state index in [1.807, 2.05) is 54.6 Å². The first-order valence-corrected chi connectivity index (χ1v) is 14.2. The predicted octanol–water partition coefficient (Wildman–Crippen LogP) is 7.34. The molecule has 0 unspecified atom stereocenters. The Kier molecular flexibility index (Phi) is 7.41. The minimum Gasteiger partial charge on any atom is -0.488 e. The van der Waals surface area contributed by atoms with E-state index in [9.17, 15) is 14.7 Å². The molecule has 0 radical (unpaired) electrons. The number of halogens is 2. The monoisotopic (exact) mass is 719 g/mol.